The lowest BCUT2D eigenvalue weighted by Crippen LogP contribution is -2.36. The van der Waals surface area contributed by atoms with Crippen molar-refractivity contribution in [3.63, 3.8) is 0 Å². The highest BCUT2D eigenvalue weighted by Gasteiger charge is 2.17. The van der Waals surface area contributed by atoms with Crippen LogP contribution in [0, 0.1) is 12.8 Å². The van der Waals surface area contributed by atoms with Crippen molar-refractivity contribution >= 4 is 17.7 Å². The average Bonchev–Trinajstić information content (AvgIpc) is 2.58. The number of aryl methyl sites for hydroxylation is 1. The van der Waals surface area contributed by atoms with Crippen molar-refractivity contribution in [2.45, 2.75) is 13.8 Å². The van der Waals surface area contributed by atoms with Gasteiger partial charge in [-0.1, -0.05) is 24.6 Å². The van der Waals surface area contributed by atoms with E-state index in [0.717, 1.165) is 5.56 Å². The van der Waals surface area contributed by atoms with Crippen LogP contribution < -0.4 is 10.1 Å². The Balaban J connectivity index is 1.92. The SMILES string of the molecule is Cc1ccc(Oc2ccc(NC(=O)N(C)CC(C)C(=O)O)cn2)cc1. The largest absolute Gasteiger partial charge is 0.481 e. The number of pyridine rings is 1. The second-order valence-electron chi connectivity index (χ2n) is 5.85. The maximum absolute atomic E-state index is 12.0. The van der Waals surface area contributed by atoms with Gasteiger partial charge in [-0.25, -0.2) is 9.78 Å². The van der Waals surface area contributed by atoms with Crippen molar-refractivity contribution in [2.75, 3.05) is 18.9 Å². The number of carboxylic acid groups (broad SMARTS) is 1. The van der Waals surface area contributed by atoms with Crippen LogP contribution >= 0.6 is 0 Å². The molecule has 0 fully saturated rings. The molecule has 7 nitrogen and oxygen atoms in total. The molecule has 0 aliphatic rings. The van der Waals surface area contributed by atoms with Crippen LogP contribution in [-0.2, 0) is 4.79 Å². The number of rotatable bonds is 6. The minimum absolute atomic E-state index is 0.114. The van der Waals surface area contributed by atoms with E-state index in [2.05, 4.69) is 10.3 Å². The number of anilines is 1. The number of hydrogen-bond acceptors (Lipinski definition) is 4. The van der Waals surface area contributed by atoms with E-state index in [0.29, 0.717) is 17.3 Å². The molecule has 0 aliphatic carbocycles. The number of urea groups is 1. The minimum Gasteiger partial charge on any atom is -0.481 e. The Kier molecular flexibility index (Phi) is 5.94. The molecule has 1 heterocycles. The van der Waals surface area contributed by atoms with Gasteiger partial charge < -0.3 is 20.1 Å². The fourth-order valence-electron chi connectivity index (χ4n) is 2.03. The summed E-state index contributed by atoms with van der Waals surface area (Å²) in [4.78, 5) is 28.3. The van der Waals surface area contributed by atoms with Gasteiger partial charge in [0.15, 0.2) is 0 Å². The summed E-state index contributed by atoms with van der Waals surface area (Å²) in [6.45, 7) is 3.65. The Hall–Kier alpha value is -3.09. The summed E-state index contributed by atoms with van der Waals surface area (Å²) in [7, 11) is 1.54. The maximum atomic E-state index is 12.0. The van der Waals surface area contributed by atoms with E-state index in [1.807, 2.05) is 31.2 Å². The monoisotopic (exact) mass is 343 g/mol. The van der Waals surface area contributed by atoms with Crippen LogP contribution in [0.1, 0.15) is 12.5 Å². The molecule has 2 amide bonds. The molecule has 2 N–H and O–H groups in total. The van der Waals surface area contributed by atoms with E-state index in [-0.39, 0.29) is 6.54 Å². The Morgan fingerprint density at radius 2 is 1.92 bits per heavy atom. The number of carbonyl (C=O) groups is 2. The molecule has 25 heavy (non-hydrogen) atoms. The van der Waals surface area contributed by atoms with E-state index in [9.17, 15) is 9.59 Å². The fraction of sp³-hybridized carbons (Fsp3) is 0.278. The molecule has 0 saturated carbocycles. The summed E-state index contributed by atoms with van der Waals surface area (Å²) in [5, 5.41) is 11.5. The quantitative estimate of drug-likeness (QED) is 0.839. The van der Waals surface area contributed by atoms with Gasteiger partial charge in [-0.15, -0.1) is 0 Å². The maximum Gasteiger partial charge on any atom is 0.321 e. The normalized spacial score (nSPS) is 11.5. The molecule has 0 spiro atoms. The average molecular weight is 343 g/mol. The van der Waals surface area contributed by atoms with Crippen LogP contribution in [-0.4, -0.2) is 40.6 Å². The van der Waals surface area contributed by atoms with Crippen LogP contribution in [0.25, 0.3) is 0 Å². The molecule has 132 valence electrons. The van der Waals surface area contributed by atoms with E-state index in [4.69, 9.17) is 9.84 Å². The van der Waals surface area contributed by atoms with Gasteiger partial charge in [0.25, 0.3) is 0 Å². The Bertz CT molecular complexity index is 729. The standard InChI is InChI=1S/C18H21N3O4/c1-12-4-7-15(8-5-12)25-16-9-6-14(10-19-16)20-18(24)21(3)11-13(2)17(22)23/h4-10,13H,11H2,1-3H3,(H,20,24)(H,22,23). The molecular weight excluding hydrogens is 322 g/mol. The molecule has 0 bridgehead atoms. The zero-order valence-electron chi connectivity index (χ0n) is 14.4. The highest BCUT2D eigenvalue weighted by atomic mass is 16.5. The van der Waals surface area contributed by atoms with Crippen molar-refractivity contribution in [1.29, 1.82) is 0 Å². The molecule has 0 saturated heterocycles. The Morgan fingerprint density at radius 3 is 2.48 bits per heavy atom. The van der Waals surface area contributed by atoms with Gasteiger partial charge in [-0.2, -0.15) is 0 Å². The third-order valence-electron chi connectivity index (χ3n) is 3.55. The van der Waals surface area contributed by atoms with Gasteiger partial charge >= 0.3 is 12.0 Å². The van der Waals surface area contributed by atoms with Crippen molar-refractivity contribution in [1.82, 2.24) is 9.88 Å². The van der Waals surface area contributed by atoms with Crippen LogP contribution in [0.2, 0.25) is 0 Å². The molecule has 2 aromatic rings. The zero-order chi connectivity index (χ0) is 18.4. The topological polar surface area (TPSA) is 91.8 Å². The third-order valence-corrected chi connectivity index (χ3v) is 3.55. The lowest BCUT2D eigenvalue weighted by atomic mass is 10.2. The lowest BCUT2D eigenvalue weighted by molar-refractivity contribution is -0.141. The molecule has 0 radical (unpaired) electrons. The van der Waals surface area contributed by atoms with Gasteiger partial charge in [0.1, 0.15) is 5.75 Å². The number of carbonyl (C=O) groups excluding carboxylic acids is 1. The smallest absolute Gasteiger partial charge is 0.321 e. The summed E-state index contributed by atoms with van der Waals surface area (Å²) in [6.07, 6.45) is 1.48. The predicted molar refractivity (Wildman–Crippen MR) is 93.9 cm³/mol. The molecular formula is C18H21N3O4. The highest BCUT2D eigenvalue weighted by Crippen LogP contribution is 2.20. The summed E-state index contributed by atoms with van der Waals surface area (Å²) in [5.41, 5.74) is 1.63. The predicted octanol–water partition coefficient (Wildman–Crippen LogP) is 3.37. The summed E-state index contributed by atoms with van der Waals surface area (Å²) >= 11 is 0. The van der Waals surface area contributed by atoms with E-state index < -0.39 is 17.9 Å². The van der Waals surface area contributed by atoms with Crippen LogP contribution in [0.3, 0.4) is 0 Å². The number of hydrogen-bond donors (Lipinski definition) is 2. The first-order valence-electron chi connectivity index (χ1n) is 7.80. The number of aromatic nitrogens is 1. The number of aliphatic carboxylic acids is 1. The van der Waals surface area contributed by atoms with Gasteiger partial charge in [-0.05, 0) is 25.1 Å². The number of nitrogens with one attached hydrogen (secondary N) is 1. The first-order chi connectivity index (χ1) is 11.8. The lowest BCUT2D eigenvalue weighted by Gasteiger charge is -2.19. The van der Waals surface area contributed by atoms with E-state index >= 15 is 0 Å². The number of benzene rings is 1. The minimum atomic E-state index is -0.945. The first kappa shape index (κ1) is 18.3. The number of nitrogens with zero attached hydrogens (tertiary/aromatic N) is 2. The molecule has 7 heteroatoms. The Morgan fingerprint density at radius 1 is 1.24 bits per heavy atom. The van der Waals surface area contributed by atoms with Crippen molar-refractivity contribution in [2.24, 2.45) is 5.92 Å². The van der Waals surface area contributed by atoms with Gasteiger partial charge in [0, 0.05) is 19.7 Å². The van der Waals surface area contributed by atoms with E-state index in [1.54, 1.807) is 19.1 Å². The second kappa shape index (κ2) is 8.14. The van der Waals surface area contributed by atoms with Crippen LogP contribution in [0.4, 0.5) is 10.5 Å². The van der Waals surface area contributed by atoms with Crippen molar-refractivity contribution in [3.05, 3.63) is 48.2 Å². The van der Waals surface area contributed by atoms with Gasteiger partial charge in [0.2, 0.25) is 5.88 Å². The molecule has 1 aromatic carbocycles. The van der Waals surface area contributed by atoms with Crippen molar-refractivity contribution in [3.8, 4) is 11.6 Å². The fourth-order valence-corrected chi connectivity index (χ4v) is 2.03. The van der Waals surface area contributed by atoms with Crippen molar-refractivity contribution < 1.29 is 19.4 Å². The number of amides is 2. The summed E-state index contributed by atoms with van der Waals surface area (Å²) in [5.74, 6) is -0.495. The second-order valence-corrected chi connectivity index (χ2v) is 5.85. The summed E-state index contributed by atoms with van der Waals surface area (Å²) in [6, 6.07) is 10.5. The zero-order valence-corrected chi connectivity index (χ0v) is 14.4. The molecule has 2 rings (SSSR count). The molecule has 1 aromatic heterocycles. The number of carboxylic acids is 1. The van der Waals surface area contributed by atoms with Crippen LogP contribution in [0.15, 0.2) is 42.6 Å². The third kappa shape index (κ3) is 5.49. The van der Waals surface area contributed by atoms with E-state index in [1.165, 1.54) is 18.1 Å². The van der Waals surface area contributed by atoms with Gasteiger partial charge in [-0.3, -0.25) is 4.79 Å². The van der Waals surface area contributed by atoms with Crippen LogP contribution in [0.5, 0.6) is 11.6 Å². The number of ether oxygens (including phenoxy) is 1. The highest BCUT2D eigenvalue weighted by molar-refractivity contribution is 5.89. The molecule has 1 atom stereocenters. The van der Waals surface area contributed by atoms with Gasteiger partial charge in [0.05, 0.1) is 17.8 Å². The first-order valence-corrected chi connectivity index (χ1v) is 7.80. The molecule has 1 unspecified atom stereocenters. The Labute approximate surface area is 146 Å². The summed E-state index contributed by atoms with van der Waals surface area (Å²) < 4.78 is 5.62. The molecule has 0 aliphatic heterocycles.